The summed E-state index contributed by atoms with van der Waals surface area (Å²) in [7, 11) is 0. The lowest BCUT2D eigenvalue weighted by Crippen LogP contribution is -2.56. The second kappa shape index (κ2) is 7.24. The van der Waals surface area contributed by atoms with Gasteiger partial charge in [0.05, 0.1) is 0 Å². The summed E-state index contributed by atoms with van der Waals surface area (Å²) >= 11 is 0. The molecule has 0 fully saturated rings. The fraction of sp³-hybridized carbons (Fsp3) is 0.667. The van der Waals surface area contributed by atoms with Gasteiger partial charge in [-0.3, -0.25) is 4.90 Å². The van der Waals surface area contributed by atoms with E-state index in [9.17, 15) is 0 Å². The van der Waals surface area contributed by atoms with Crippen LogP contribution in [-0.2, 0) is 6.42 Å². The van der Waals surface area contributed by atoms with Crippen molar-refractivity contribution in [1.29, 1.82) is 0 Å². The van der Waals surface area contributed by atoms with Crippen molar-refractivity contribution in [3.05, 3.63) is 35.4 Å². The molecule has 1 aromatic rings. The molecule has 2 N–H and O–H groups in total. The van der Waals surface area contributed by atoms with Crippen LogP contribution >= 0.6 is 0 Å². The highest BCUT2D eigenvalue weighted by atomic mass is 15.2. The molecule has 2 nitrogen and oxygen atoms in total. The summed E-state index contributed by atoms with van der Waals surface area (Å²) in [5, 5.41) is 0. The number of rotatable bonds is 7. The molecule has 2 heteroatoms. The smallest absolute Gasteiger partial charge is 0.0307 e. The lowest BCUT2D eigenvalue weighted by atomic mass is 9.87. The van der Waals surface area contributed by atoms with Gasteiger partial charge < -0.3 is 5.73 Å². The summed E-state index contributed by atoms with van der Waals surface area (Å²) in [5.41, 5.74) is 9.25. The molecule has 0 heterocycles. The predicted octanol–water partition coefficient (Wildman–Crippen LogP) is 3.80. The molecule has 1 unspecified atom stereocenters. The van der Waals surface area contributed by atoms with Crippen LogP contribution < -0.4 is 5.73 Å². The van der Waals surface area contributed by atoms with Crippen molar-refractivity contribution < 1.29 is 0 Å². The average Bonchev–Trinajstić information content (AvgIpc) is 2.40. The zero-order chi connectivity index (χ0) is 15.3. The first-order valence-corrected chi connectivity index (χ1v) is 7.92. The molecule has 0 spiro atoms. The second-order valence-corrected chi connectivity index (χ2v) is 6.53. The van der Waals surface area contributed by atoms with Crippen molar-refractivity contribution in [3.8, 4) is 0 Å². The van der Waals surface area contributed by atoms with Crippen LogP contribution in [0.5, 0.6) is 0 Å². The van der Waals surface area contributed by atoms with E-state index in [-0.39, 0.29) is 11.6 Å². The average molecular weight is 276 g/mol. The minimum atomic E-state index is 0.0280. The van der Waals surface area contributed by atoms with E-state index < -0.39 is 0 Å². The van der Waals surface area contributed by atoms with E-state index in [0.29, 0.717) is 5.92 Å². The number of hydrogen-bond acceptors (Lipinski definition) is 2. The third kappa shape index (κ3) is 4.07. The van der Waals surface area contributed by atoms with Crippen LogP contribution in [0.1, 0.15) is 58.6 Å². The van der Waals surface area contributed by atoms with E-state index >= 15 is 0 Å². The van der Waals surface area contributed by atoms with Gasteiger partial charge in [0, 0.05) is 11.6 Å². The molecule has 114 valence electrons. The van der Waals surface area contributed by atoms with Crippen molar-refractivity contribution >= 4 is 0 Å². The summed E-state index contributed by atoms with van der Waals surface area (Å²) < 4.78 is 0. The first-order chi connectivity index (χ1) is 9.32. The molecule has 0 aliphatic rings. The Morgan fingerprint density at radius 3 is 1.95 bits per heavy atom. The Kier molecular flexibility index (Phi) is 6.22. The van der Waals surface area contributed by atoms with Gasteiger partial charge in [0.1, 0.15) is 0 Å². The second-order valence-electron chi connectivity index (χ2n) is 6.53. The maximum atomic E-state index is 6.49. The molecule has 1 rings (SSSR count). The van der Waals surface area contributed by atoms with E-state index in [0.717, 1.165) is 19.5 Å². The first kappa shape index (κ1) is 17.2. The Hall–Kier alpha value is -0.860. The molecule has 1 atom stereocenters. The Morgan fingerprint density at radius 1 is 1.05 bits per heavy atom. The summed E-state index contributed by atoms with van der Waals surface area (Å²) in [6.07, 6.45) is 0.932. The van der Waals surface area contributed by atoms with Crippen LogP contribution in [-0.4, -0.2) is 29.6 Å². The van der Waals surface area contributed by atoms with Gasteiger partial charge in [0.15, 0.2) is 0 Å². The van der Waals surface area contributed by atoms with Gasteiger partial charge in [0.2, 0.25) is 0 Å². The van der Waals surface area contributed by atoms with Crippen LogP contribution in [0.3, 0.4) is 0 Å². The maximum absolute atomic E-state index is 6.49. The standard InChI is InChI=1S/C18H32N2/c1-7-20(8-2)18(5,6)17(19)13-15-9-11-16(12-10-15)14(3)4/h9-12,14,17H,7-8,13,19H2,1-6H3. The van der Waals surface area contributed by atoms with Crippen LogP contribution in [0.4, 0.5) is 0 Å². The van der Waals surface area contributed by atoms with E-state index in [1.165, 1.54) is 11.1 Å². The molecular formula is C18H32N2. The van der Waals surface area contributed by atoms with Gasteiger partial charge in [-0.25, -0.2) is 0 Å². The molecule has 0 saturated carbocycles. The third-order valence-corrected chi connectivity index (χ3v) is 4.59. The highest BCUT2D eigenvalue weighted by Gasteiger charge is 2.31. The topological polar surface area (TPSA) is 29.3 Å². The molecule has 0 amide bonds. The highest BCUT2D eigenvalue weighted by Crippen LogP contribution is 2.21. The van der Waals surface area contributed by atoms with Gasteiger partial charge >= 0.3 is 0 Å². The fourth-order valence-electron chi connectivity index (χ4n) is 2.82. The van der Waals surface area contributed by atoms with E-state index in [2.05, 4.69) is 70.7 Å². The van der Waals surface area contributed by atoms with Gasteiger partial charge in [-0.1, -0.05) is 52.0 Å². The van der Waals surface area contributed by atoms with E-state index in [1.807, 2.05) is 0 Å². The monoisotopic (exact) mass is 276 g/mol. The Balaban J connectivity index is 2.76. The molecule has 1 aromatic carbocycles. The van der Waals surface area contributed by atoms with Crippen molar-refractivity contribution in [2.24, 2.45) is 5.73 Å². The van der Waals surface area contributed by atoms with Crippen molar-refractivity contribution in [2.45, 2.75) is 65.5 Å². The van der Waals surface area contributed by atoms with Gasteiger partial charge in [0.25, 0.3) is 0 Å². The largest absolute Gasteiger partial charge is 0.326 e. The maximum Gasteiger partial charge on any atom is 0.0307 e. The number of nitrogens with two attached hydrogens (primary N) is 1. The highest BCUT2D eigenvalue weighted by molar-refractivity contribution is 5.25. The molecule has 0 aromatic heterocycles. The minimum Gasteiger partial charge on any atom is -0.326 e. The van der Waals surface area contributed by atoms with Crippen LogP contribution in [0, 0.1) is 0 Å². The van der Waals surface area contributed by atoms with Crippen LogP contribution in [0.2, 0.25) is 0 Å². The summed E-state index contributed by atoms with van der Waals surface area (Å²) in [6, 6.07) is 9.07. The Labute approximate surface area is 125 Å². The normalized spacial score (nSPS) is 14.1. The first-order valence-electron chi connectivity index (χ1n) is 7.92. The zero-order valence-electron chi connectivity index (χ0n) is 14.1. The van der Waals surface area contributed by atoms with Gasteiger partial charge in [-0.05, 0) is 50.4 Å². The van der Waals surface area contributed by atoms with E-state index in [4.69, 9.17) is 5.73 Å². The Bertz CT molecular complexity index is 388. The van der Waals surface area contributed by atoms with E-state index in [1.54, 1.807) is 0 Å². The molecule has 0 bridgehead atoms. The molecule has 0 aliphatic heterocycles. The minimum absolute atomic E-state index is 0.0280. The van der Waals surface area contributed by atoms with Gasteiger partial charge in [-0.2, -0.15) is 0 Å². The van der Waals surface area contributed by atoms with Crippen molar-refractivity contribution in [3.63, 3.8) is 0 Å². The number of nitrogens with zero attached hydrogens (tertiary/aromatic N) is 1. The molecule has 0 aliphatic carbocycles. The molecule has 0 saturated heterocycles. The summed E-state index contributed by atoms with van der Waals surface area (Å²) in [4.78, 5) is 2.44. The summed E-state index contributed by atoms with van der Waals surface area (Å²) in [6.45, 7) is 15.5. The van der Waals surface area contributed by atoms with Crippen molar-refractivity contribution in [1.82, 2.24) is 4.90 Å². The number of likely N-dealkylation sites (N-methyl/N-ethyl adjacent to an activating group) is 1. The third-order valence-electron chi connectivity index (χ3n) is 4.59. The zero-order valence-corrected chi connectivity index (χ0v) is 14.1. The lowest BCUT2D eigenvalue weighted by molar-refractivity contribution is 0.106. The molecular weight excluding hydrogens is 244 g/mol. The van der Waals surface area contributed by atoms with Crippen LogP contribution in [0.25, 0.3) is 0 Å². The van der Waals surface area contributed by atoms with Crippen molar-refractivity contribution in [2.75, 3.05) is 13.1 Å². The quantitative estimate of drug-likeness (QED) is 0.821. The SMILES string of the molecule is CCN(CC)C(C)(C)C(N)Cc1ccc(C(C)C)cc1. The predicted molar refractivity (Wildman–Crippen MR) is 89.2 cm³/mol. The Morgan fingerprint density at radius 2 is 1.55 bits per heavy atom. The fourth-order valence-corrected chi connectivity index (χ4v) is 2.82. The van der Waals surface area contributed by atoms with Gasteiger partial charge in [-0.15, -0.1) is 0 Å². The number of hydrogen-bond donors (Lipinski definition) is 1. The molecule has 20 heavy (non-hydrogen) atoms. The summed E-state index contributed by atoms with van der Waals surface area (Å²) in [5.74, 6) is 0.588. The lowest BCUT2D eigenvalue weighted by Gasteiger charge is -2.42. The number of benzene rings is 1. The van der Waals surface area contributed by atoms with Crippen LogP contribution in [0.15, 0.2) is 24.3 Å². The molecule has 0 radical (unpaired) electrons.